The van der Waals surface area contributed by atoms with Gasteiger partial charge in [0.2, 0.25) is 0 Å². The van der Waals surface area contributed by atoms with Gasteiger partial charge in [0.05, 0.1) is 24.3 Å². The van der Waals surface area contributed by atoms with Crippen LogP contribution in [0.3, 0.4) is 0 Å². The number of carbonyl (C=O) groups excluding carboxylic acids is 2. The van der Waals surface area contributed by atoms with Crippen LogP contribution in [0.5, 0.6) is 5.75 Å². The second-order valence-corrected chi connectivity index (χ2v) is 5.80. The highest BCUT2D eigenvalue weighted by Crippen LogP contribution is 2.24. The van der Waals surface area contributed by atoms with E-state index in [2.05, 4.69) is 11.9 Å². The Kier molecular flexibility index (Phi) is 6.81. The zero-order valence-corrected chi connectivity index (χ0v) is 15.4. The molecule has 6 heteroatoms. The molecule has 136 valence electrons. The molecule has 0 spiro atoms. The summed E-state index contributed by atoms with van der Waals surface area (Å²) in [6.45, 7) is 5.66. The van der Waals surface area contributed by atoms with E-state index < -0.39 is 5.97 Å². The molecule has 26 heavy (non-hydrogen) atoms. The van der Waals surface area contributed by atoms with E-state index in [1.54, 1.807) is 50.4 Å². The van der Waals surface area contributed by atoms with Crippen LogP contribution in [0.2, 0.25) is 5.02 Å². The maximum absolute atomic E-state index is 12.5. The van der Waals surface area contributed by atoms with Crippen molar-refractivity contribution < 1.29 is 19.1 Å². The summed E-state index contributed by atoms with van der Waals surface area (Å²) in [4.78, 5) is 24.5. The minimum absolute atomic E-state index is 0.202. The Morgan fingerprint density at radius 2 is 2.00 bits per heavy atom. The number of amides is 1. The summed E-state index contributed by atoms with van der Waals surface area (Å²) in [5.74, 6) is -0.154. The van der Waals surface area contributed by atoms with Crippen molar-refractivity contribution >= 4 is 29.2 Å². The molecule has 0 atom stereocenters. The number of ether oxygens (including phenoxy) is 2. The van der Waals surface area contributed by atoms with Crippen LogP contribution in [0.4, 0.5) is 5.69 Å². The van der Waals surface area contributed by atoms with E-state index in [4.69, 9.17) is 21.1 Å². The molecule has 0 unspecified atom stereocenters. The van der Waals surface area contributed by atoms with Gasteiger partial charge in [0, 0.05) is 11.3 Å². The molecule has 0 aromatic heterocycles. The van der Waals surface area contributed by atoms with Gasteiger partial charge in [-0.25, -0.2) is 4.79 Å². The highest BCUT2D eigenvalue weighted by atomic mass is 35.5. The van der Waals surface area contributed by atoms with Crippen molar-refractivity contribution in [2.75, 3.05) is 19.0 Å². The molecule has 0 saturated heterocycles. The highest BCUT2D eigenvalue weighted by Gasteiger charge is 2.15. The lowest BCUT2D eigenvalue weighted by Crippen LogP contribution is -2.13. The lowest BCUT2D eigenvalue weighted by molar-refractivity contribution is 0.0526. The van der Waals surface area contributed by atoms with Gasteiger partial charge in [-0.1, -0.05) is 17.7 Å². The summed E-state index contributed by atoms with van der Waals surface area (Å²) in [5, 5.41) is 3.02. The second-order valence-electron chi connectivity index (χ2n) is 5.39. The molecule has 0 aliphatic rings. The van der Waals surface area contributed by atoms with Crippen LogP contribution in [0.1, 0.15) is 33.2 Å². The Hall–Kier alpha value is -2.79. The first-order chi connectivity index (χ1) is 12.5. The predicted octanol–water partition coefficient (Wildman–Crippen LogP) is 4.51. The summed E-state index contributed by atoms with van der Waals surface area (Å²) in [6, 6.07) is 9.81. The second kappa shape index (κ2) is 9.06. The Balaban J connectivity index is 2.24. The summed E-state index contributed by atoms with van der Waals surface area (Å²) in [5.41, 5.74) is 1.98. The van der Waals surface area contributed by atoms with Gasteiger partial charge in [-0.05, 0) is 55.3 Å². The Morgan fingerprint density at radius 3 is 2.65 bits per heavy atom. The van der Waals surface area contributed by atoms with Crippen LogP contribution < -0.4 is 10.1 Å². The average Bonchev–Trinajstić information content (AvgIpc) is 2.63. The largest absolute Gasteiger partial charge is 0.496 e. The van der Waals surface area contributed by atoms with Crippen LogP contribution in [-0.2, 0) is 11.2 Å². The fraction of sp³-hybridized carbons (Fsp3) is 0.200. The number of hydrogen-bond donors (Lipinski definition) is 1. The molecule has 1 N–H and O–H groups in total. The van der Waals surface area contributed by atoms with Crippen LogP contribution in [0.25, 0.3) is 0 Å². The van der Waals surface area contributed by atoms with Crippen molar-refractivity contribution in [2.24, 2.45) is 0 Å². The molecule has 2 rings (SSSR count). The first-order valence-electron chi connectivity index (χ1n) is 8.06. The maximum atomic E-state index is 12.5. The van der Waals surface area contributed by atoms with E-state index in [0.29, 0.717) is 23.4 Å². The number of carbonyl (C=O) groups is 2. The summed E-state index contributed by atoms with van der Waals surface area (Å²) < 4.78 is 10.2. The Morgan fingerprint density at radius 1 is 1.23 bits per heavy atom. The van der Waals surface area contributed by atoms with Gasteiger partial charge in [0.1, 0.15) is 5.75 Å². The maximum Gasteiger partial charge on any atom is 0.339 e. The fourth-order valence-corrected chi connectivity index (χ4v) is 2.60. The smallest absolute Gasteiger partial charge is 0.339 e. The van der Waals surface area contributed by atoms with Crippen LogP contribution >= 0.6 is 11.6 Å². The lowest BCUT2D eigenvalue weighted by Gasteiger charge is -2.11. The molecule has 2 aromatic rings. The Labute approximate surface area is 157 Å². The molecular formula is C20H20ClNO4. The topological polar surface area (TPSA) is 64.6 Å². The number of halogens is 1. The molecule has 1 amide bonds. The van der Waals surface area contributed by atoms with Crippen molar-refractivity contribution in [1.82, 2.24) is 0 Å². The van der Waals surface area contributed by atoms with Gasteiger partial charge < -0.3 is 14.8 Å². The third-order valence-electron chi connectivity index (χ3n) is 3.63. The third kappa shape index (κ3) is 4.64. The van der Waals surface area contributed by atoms with Crippen molar-refractivity contribution in [3.05, 3.63) is 70.8 Å². The summed E-state index contributed by atoms with van der Waals surface area (Å²) >= 11 is 6.03. The number of rotatable bonds is 7. The van der Waals surface area contributed by atoms with Gasteiger partial charge in [-0.3, -0.25) is 4.79 Å². The molecule has 0 heterocycles. The van der Waals surface area contributed by atoms with Crippen LogP contribution in [0, 0.1) is 0 Å². The van der Waals surface area contributed by atoms with Gasteiger partial charge >= 0.3 is 5.97 Å². The zero-order chi connectivity index (χ0) is 19.1. The van der Waals surface area contributed by atoms with Gasteiger partial charge in [0.25, 0.3) is 5.91 Å². The predicted molar refractivity (Wildman–Crippen MR) is 102 cm³/mol. The molecule has 5 nitrogen and oxygen atoms in total. The number of methoxy groups -OCH3 is 1. The fourth-order valence-electron chi connectivity index (χ4n) is 2.41. The molecule has 0 fully saturated rings. The van der Waals surface area contributed by atoms with E-state index in [1.165, 1.54) is 6.07 Å². The minimum Gasteiger partial charge on any atom is -0.496 e. The van der Waals surface area contributed by atoms with E-state index in [9.17, 15) is 9.59 Å². The first-order valence-corrected chi connectivity index (χ1v) is 8.43. The number of nitrogens with one attached hydrogen (secondary N) is 1. The van der Waals surface area contributed by atoms with Gasteiger partial charge in [0.15, 0.2) is 0 Å². The molecule has 0 aliphatic carbocycles. The van der Waals surface area contributed by atoms with Crippen molar-refractivity contribution in [3.63, 3.8) is 0 Å². The molecule has 0 saturated carbocycles. The van der Waals surface area contributed by atoms with Gasteiger partial charge in [-0.15, -0.1) is 6.58 Å². The highest BCUT2D eigenvalue weighted by molar-refractivity contribution is 6.33. The average molecular weight is 374 g/mol. The first kappa shape index (κ1) is 19.5. The molecule has 0 radical (unpaired) electrons. The quantitative estimate of drug-likeness (QED) is 0.573. The summed E-state index contributed by atoms with van der Waals surface area (Å²) in [6.07, 6.45) is 2.32. The molecule has 2 aromatic carbocycles. The normalized spacial score (nSPS) is 10.1. The van der Waals surface area contributed by atoms with Crippen molar-refractivity contribution in [2.45, 2.75) is 13.3 Å². The van der Waals surface area contributed by atoms with Gasteiger partial charge in [-0.2, -0.15) is 0 Å². The number of allylic oxidation sites excluding steroid dienone is 1. The lowest BCUT2D eigenvalue weighted by atomic mass is 10.1. The minimum atomic E-state index is -0.536. The van der Waals surface area contributed by atoms with E-state index in [0.717, 1.165) is 5.56 Å². The van der Waals surface area contributed by atoms with Crippen LogP contribution in [-0.4, -0.2) is 25.6 Å². The molecule has 0 aliphatic heterocycles. The number of esters is 1. The number of hydrogen-bond acceptors (Lipinski definition) is 4. The SMILES string of the molecule is C=CCc1cc(C(=O)Nc2ccc(Cl)c(C(=O)OCC)c2)ccc1OC. The van der Waals surface area contributed by atoms with Crippen LogP contribution in [0.15, 0.2) is 49.1 Å². The zero-order valence-electron chi connectivity index (χ0n) is 14.7. The molecular weight excluding hydrogens is 354 g/mol. The van der Waals surface area contributed by atoms with E-state index in [-0.39, 0.29) is 23.1 Å². The van der Waals surface area contributed by atoms with E-state index >= 15 is 0 Å². The van der Waals surface area contributed by atoms with Crippen molar-refractivity contribution in [1.29, 1.82) is 0 Å². The van der Waals surface area contributed by atoms with Crippen molar-refractivity contribution in [3.8, 4) is 5.75 Å². The van der Waals surface area contributed by atoms with E-state index in [1.807, 2.05) is 0 Å². The molecule has 0 bridgehead atoms. The third-order valence-corrected chi connectivity index (χ3v) is 3.96. The number of anilines is 1. The standard InChI is InChI=1S/C20H20ClNO4/c1-4-6-13-11-14(7-10-18(13)25-3)19(23)22-15-8-9-17(21)16(12-15)20(24)26-5-2/h4,7-12H,1,5-6H2,2-3H3,(H,22,23). The summed E-state index contributed by atoms with van der Waals surface area (Å²) in [7, 11) is 1.58. The Bertz CT molecular complexity index is 833. The number of benzene rings is 2. The monoisotopic (exact) mass is 373 g/mol.